The van der Waals surface area contributed by atoms with Crippen LogP contribution >= 0.6 is 0 Å². The van der Waals surface area contributed by atoms with E-state index >= 15 is 0 Å². The van der Waals surface area contributed by atoms with E-state index in [0.29, 0.717) is 5.69 Å². The standard InChI is InChI=1S/C8H14N4O/c1-6(2)10-8(13)11-7-4-9-12(3)5-7/h4-6H,1-3H3,(H2,10,11,13). The van der Waals surface area contributed by atoms with E-state index in [9.17, 15) is 4.79 Å². The fourth-order valence-corrected chi connectivity index (χ4v) is 0.915. The number of aromatic nitrogens is 2. The summed E-state index contributed by atoms with van der Waals surface area (Å²) in [5, 5.41) is 9.30. The van der Waals surface area contributed by atoms with Crippen molar-refractivity contribution in [2.24, 2.45) is 7.05 Å². The maximum Gasteiger partial charge on any atom is 0.319 e. The van der Waals surface area contributed by atoms with Gasteiger partial charge in [0.25, 0.3) is 0 Å². The van der Waals surface area contributed by atoms with Gasteiger partial charge in [-0.3, -0.25) is 4.68 Å². The molecule has 0 saturated carbocycles. The Morgan fingerprint density at radius 2 is 2.31 bits per heavy atom. The highest BCUT2D eigenvalue weighted by Crippen LogP contribution is 2.02. The van der Waals surface area contributed by atoms with Gasteiger partial charge in [0.2, 0.25) is 0 Å². The first-order valence-corrected chi connectivity index (χ1v) is 4.14. The predicted molar refractivity (Wildman–Crippen MR) is 50.5 cm³/mol. The topological polar surface area (TPSA) is 59.0 Å². The van der Waals surface area contributed by atoms with E-state index in [0.717, 1.165) is 0 Å². The van der Waals surface area contributed by atoms with Gasteiger partial charge in [-0.25, -0.2) is 4.79 Å². The number of amides is 2. The van der Waals surface area contributed by atoms with E-state index < -0.39 is 0 Å². The van der Waals surface area contributed by atoms with E-state index in [1.54, 1.807) is 24.1 Å². The average Bonchev–Trinajstić information content (AvgIpc) is 2.33. The van der Waals surface area contributed by atoms with E-state index in [1.807, 2.05) is 13.8 Å². The molecule has 0 aliphatic heterocycles. The number of rotatable bonds is 2. The third-order valence-corrected chi connectivity index (χ3v) is 1.38. The summed E-state index contributed by atoms with van der Waals surface area (Å²) < 4.78 is 1.63. The summed E-state index contributed by atoms with van der Waals surface area (Å²) in [5.74, 6) is 0. The van der Waals surface area contributed by atoms with Gasteiger partial charge in [0, 0.05) is 19.3 Å². The summed E-state index contributed by atoms with van der Waals surface area (Å²) >= 11 is 0. The molecule has 0 aliphatic rings. The van der Waals surface area contributed by atoms with Crippen LogP contribution in [0.2, 0.25) is 0 Å². The van der Waals surface area contributed by atoms with Crippen molar-refractivity contribution in [3.63, 3.8) is 0 Å². The first kappa shape index (κ1) is 9.57. The fourth-order valence-electron chi connectivity index (χ4n) is 0.915. The van der Waals surface area contributed by atoms with Gasteiger partial charge in [0.15, 0.2) is 0 Å². The predicted octanol–water partition coefficient (Wildman–Crippen LogP) is 0.950. The Morgan fingerprint density at radius 1 is 1.62 bits per heavy atom. The molecular formula is C8H14N4O. The van der Waals surface area contributed by atoms with Gasteiger partial charge in [-0.1, -0.05) is 0 Å². The number of carbonyl (C=O) groups is 1. The highest BCUT2D eigenvalue weighted by molar-refractivity contribution is 5.88. The van der Waals surface area contributed by atoms with E-state index in [-0.39, 0.29) is 12.1 Å². The van der Waals surface area contributed by atoms with Crippen LogP contribution in [-0.4, -0.2) is 21.9 Å². The van der Waals surface area contributed by atoms with Crippen LogP contribution in [0.3, 0.4) is 0 Å². The van der Waals surface area contributed by atoms with Crippen LogP contribution in [0.25, 0.3) is 0 Å². The van der Waals surface area contributed by atoms with Crippen LogP contribution < -0.4 is 10.6 Å². The number of anilines is 1. The van der Waals surface area contributed by atoms with E-state index in [1.165, 1.54) is 0 Å². The van der Waals surface area contributed by atoms with Gasteiger partial charge in [-0.2, -0.15) is 5.10 Å². The molecule has 5 heteroatoms. The first-order valence-electron chi connectivity index (χ1n) is 4.14. The van der Waals surface area contributed by atoms with Gasteiger partial charge in [-0.15, -0.1) is 0 Å². The molecule has 5 nitrogen and oxygen atoms in total. The second-order valence-electron chi connectivity index (χ2n) is 3.16. The Morgan fingerprint density at radius 3 is 2.77 bits per heavy atom. The van der Waals surface area contributed by atoms with Crippen LogP contribution in [0, 0.1) is 0 Å². The number of nitrogens with one attached hydrogen (secondary N) is 2. The molecule has 0 aliphatic carbocycles. The van der Waals surface area contributed by atoms with Gasteiger partial charge < -0.3 is 10.6 Å². The minimum atomic E-state index is -0.206. The maximum atomic E-state index is 11.2. The maximum absolute atomic E-state index is 11.2. The lowest BCUT2D eigenvalue weighted by atomic mass is 10.4. The molecule has 0 spiro atoms. The fraction of sp³-hybridized carbons (Fsp3) is 0.500. The summed E-state index contributed by atoms with van der Waals surface area (Å²) in [4.78, 5) is 11.2. The van der Waals surface area contributed by atoms with Crippen molar-refractivity contribution < 1.29 is 4.79 Å². The lowest BCUT2D eigenvalue weighted by molar-refractivity contribution is 0.250. The summed E-state index contributed by atoms with van der Waals surface area (Å²) in [6, 6.07) is -0.0697. The van der Waals surface area contributed by atoms with Gasteiger partial charge in [0.1, 0.15) is 0 Å². The molecule has 1 aromatic rings. The molecule has 1 heterocycles. The van der Waals surface area contributed by atoms with Crippen molar-refractivity contribution in [2.45, 2.75) is 19.9 Å². The molecule has 0 unspecified atom stereocenters. The zero-order valence-corrected chi connectivity index (χ0v) is 8.03. The normalized spacial score (nSPS) is 10.2. The smallest absolute Gasteiger partial charge is 0.319 e. The second-order valence-corrected chi connectivity index (χ2v) is 3.16. The molecule has 0 radical (unpaired) electrons. The number of carbonyl (C=O) groups excluding carboxylic acids is 1. The minimum absolute atomic E-state index is 0.136. The van der Waals surface area contributed by atoms with Crippen LogP contribution in [0.1, 0.15) is 13.8 Å². The quantitative estimate of drug-likeness (QED) is 0.715. The second kappa shape index (κ2) is 3.93. The van der Waals surface area contributed by atoms with Crippen molar-refractivity contribution in [1.29, 1.82) is 0 Å². The third kappa shape index (κ3) is 3.14. The van der Waals surface area contributed by atoms with E-state index in [2.05, 4.69) is 15.7 Å². The lowest BCUT2D eigenvalue weighted by Crippen LogP contribution is -2.34. The molecule has 0 bridgehead atoms. The van der Waals surface area contributed by atoms with Gasteiger partial charge in [0.05, 0.1) is 11.9 Å². The zero-order chi connectivity index (χ0) is 9.84. The van der Waals surface area contributed by atoms with E-state index in [4.69, 9.17) is 0 Å². The van der Waals surface area contributed by atoms with Crippen molar-refractivity contribution in [3.05, 3.63) is 12.4 Å². The number of aryl methyl sites for hydroxylation is 1. The SMILES string of the molecule is CC(C)NC(=O)Nc1cnn(C)c1. The van der Waals surface area contributed by atoms with Crippen molar-refractivity contribution in [1.82, 2.24) is 15.1 Å². The molecule has 72 valence electrons. The highest BCUT2D eigenvalue weighted by atomic mass is 16.2. The summed E-state index contributed by atoms with van der Waals surface area (Å²) in [6.07, 6.45) is 3.33. The molecule has 2 amide bonds. The molecule has 0 fully saturated rings. The molecule has 1 rings (SSSR count). The van der Waals surface area contributed by atoms with Crippen LogP contribution in [0.4, 0.5) is 10.5 Å². The Bertz CT molecular complexity index is 292. The monoisotopic (exact) mass is 182 g/mol. The van der Waals surface area contributed by atoms with Gasteiger partial charge in [-0.05, 0) is 13.8 Å². The zero-order valence-electron chi connectivity index (χ0n) is 8.03. The highest BCUT2D eigenvalue weighted by Gasteiger charge is 2.03. The number of nitrogens with zero attached hydrogens (tertiary/aromatic N) is 2. The molecular weight excluding hydrogens is 168 g/mol. The van der Waals surface area contributed by atoms with Crippen LogP contribution in [0.15, 0.2) is 12.4 Å². The third-order valence-electron chi connectivity index (χ3n) is 1.38. The van der Waals surface area contributed by atoms with Crippen molar-refractivity contribution >= 4 is 11.7 Å². The molecule has 0 aromatic carbocycles. The molecule has 13 heavy (non-hydrogen) atoms. The Kier molecular flexibility index (Phi) is 2.89. The summed E-state index contributed by atoms with van der Waals surface area (Å²) in [6.45, 7) is 3.81. The summed E-state index contributed by atoms with van der Waals surface area (Å²) in [7, 11) is 1.80. The number of hydrogen-bond acceptors (Lipinski definition) is 2. The van der Waals surface area contributed by atoms with Crippen molar-refractivity contribution in [2.75, 3.05) is 5.32 Å². The Balaban J connectivity index is 2.45. The lowest BCUT2D eigenvalue weighted by Gasteiger charge is -2.07. The van der Waals surface area contributed by atoms with Gasteiger partial charge >= 0.3 is 6.03 Å². The summed E-state index contributed by atoms with van der Waals surface area (Å²) in [5.41, 5.74) is 0.695. The van der Waals surface area contributed by atoms with Crippen LogP contribution in [0.5, 0.6) is 0 Å². The first-order chi connectivity index (χ1) is 6.08. The Hall–Kier alpha value is -1.52. The molecule has 0 atom stereocenters. The number of urea groups is 1. The molecule has 1 aromatic heterocycles. The largest absolute Gasteiger partial charge is 0.336 e. The molecule has 2 N–H and O–H groups in total. The Labute approximate surface area is 77.1 Å². The average molecular weight is 182 g/mol. The number of hydrogen-bond donors (Lipinski definition) is 2. The molecule has 0 saturated heterocycles. The van der Waals surface area contributed by atoms with Crippen molar-refractivity contribution in [3.8, 4) is 0 Å². The van der Waals surface area contributed by atoms with Crippen LogP contribution in [-0.2, 0) is 7.05 Å². The minimum Gasteiger partial charge on any atom is -0.336 e.